The van der Waals surface area contributed by atoms with Gasteiger partial charge in [-0.05, 0) is 18.8 Å². The van der Waals surface area contributed by atoms with Gasteiger partial charge >= 0.3 is 0 Å². The van der Waals surface area contributed by atoms with E-state index < -0.39 is 6.04 Å². The molecular formula is C18H30N2O3. The van der Waals surface area contributed by atoms with Crippen LogP contribution in [0.5, 0.6) is 0 Å². The molecule has 1 aliphatic rings. The molecule has 2 amide bonds. The van der Waals surface area contributed by atoms with E-state index in [1.165, 1.54) is 0 Å². The van der Waals surface area contributed by atoms with Gasteiger partial charge in [0.1, 0.15) is 11.8 Å². The number of amides is 2. The zero-order valence-corrected chi connectivity index (χ0v) is 15.0. The molecule has 0 saturated carbocycles. The quantitative estimate of drug-likeness (QED) is 0.747. The standard InChI is InChI=1S/C18H30N2O3/c1-7-9-14(19-17(21)8-2)18(22)20-13(5)11-16(23-6)15(20)10-12(3)4/h11-12,14-15H,5,7-10H2,1-4,6H3,(H,19,21). The van der Waals surface area contributed by atoms with Crippen molar-refractivity contribution in [2.75, 3.05) is 7.11 Å². The Balaban J connectivity index is 3.00. The van der Waals surface area contributed by atoms with Crippen LogP contribution in [0, 0.1) is 5.92 Å². The molecule has 1 N–H and O–H groups in total. The molecule has 0 aliphatic carbocycles. The lowest BCUT2D eigenvalue weighted by Gasteiger charge is -2.31. The average molecular weight is 322 g/mol. The molecule has 5 nitrogen and oxygen atoms in total. The fraction of sp³-hybridized carbons (Fsp3) is 0.667. The van der Waals surface area contributed by atoms with Crippen molar-refractivity contribution < 1.29 is 14.3 Å². The number of carbonyl (C=O) groups excluding carboxylic acids is 2. The summed E-state index contributed by atoms with van der Waals surface area (Å²) < 4.78 is 5.44. The second-order valence-corrected chi connectivity index (χ2v) is 6.36. The second kappa shape index (κ2) is 8.75. The molecule has 0 radical (unpaired) electrons. The van der Waals surface area contributed by atoms with E-state index in [1.807, 2.05) is 13.0 Å². The number of nitrogens with one attached hydrogen (secondary N) is 1. The van der Waals surface area contributed by atoms with Gasteiger partial charge < -0.3 is 15.0 Å². The summed E-state index contributed by atoms with van der Waals surface area (Å²) in [5.41, 5.74) is 0.629. The van der Waals surface area contributed by atoms with E-state index in [1.54, 1.807) is 18.9 Å². The highest BCUT2D eigenvalue weighted by atomic mass is 16.5. The molecule has 1 aliphatic heterocycles. The Morgan fingerprint density at radius 1 is 1.39 bits per heavy atom. The highest BCUT2D eigenvalue weighted by Gasteiger charge is 2.38. The molecule has 1 rings (SSSR count). The maximum absolute atomic E-state index is 13.0. The van der Waals surface area contributed by atoms with Crippen LogP contribution < -0.4 is 5.32 Å². The van der Waals surface area contributed by atoms with Gasteiger partial charge in [-0.2, -0.15) is 0 Å². The Kier molecular flexibility index (Phi) is 7.33. The van der Waals surface area contributed by atoms with Crippen LogP contribution in [0.25, 0.3) is 0 Å². The van der Waals surface area contributed by atoms with Gasteiger partial charge in [0.15, 0.2) is 0 Å². The third-order valence-electron chi connectivity index (χ3n) is 3.96. The van der Waals surface area contributed by atoms with Gasteiger partial charge in [-0.15, -0.1) is 0 Å². The Labute approximate surface area is 139 Å². The van der Waals surface area contributed by atoms with Gasteiger partial charge in [0.05, 0.1) is 13.2 Å². The molecule has 5 heteroatoms. The first-order chi connectivity index (χ1) is 10.8. The predicted octanol–water partition coefficient (Wildman–Crippen LogP) is 2.98. The summed E-state index contributed by atoms with van der Waals surface area (Å²) in [4.78, 5) is 26.4. The summed E-state index contributed by atoms with van der Waals surface area (Å²) in [6.45, 7) is 12.0. The fourth-order valence-corrected chi connectivity index (χ4v) is 2.83. The van der Waals surface area contributed by atoms with Crippen LogP contribution in [0.15, 0.2) is 24.1 Å². The van der Waals surface area contributed by atoms with Crippen molar-refractivity contribution >= 4 is 11.8 Å². The first kappa shape index (κ1) is 19.3. The molecule has 2 atom stereocenters. The van der Waals surface area contributed by atoms with Crippen molar-refractivity contribution in [3.05, 3.63) is 24.1 Å². The number of methoxy groups -OCH3 is 1. The highest BCUT2D eigenvalue weighted by molar-refractivity contribution is 5.89. The van der Waals surface area contributed by atoms with E-state index in [0.29, 0.717) is 24.5 Å². The number of hydrogen-bond donors (Lipinski definition) is 1. The first-order valence-corrected chi connectivity index (χ1v) is 8.42. The van der Waals surface area contributed by atoms with Gasteiger partial charge in [-0.1, -0.05) is 40.7 Å². The van der Waals surface area contributed by atoms with Gasteiger partial charge in [0, 0.05) is 18.2 Å². The zero-order valence-electron chi connectivity index (χ0n) is 15.0. The summed E-state index contributed by atoms with van der Waals surface area (Å²) in [7, 11) is 1.61. The summed E-state index contributed by atoms with van der Waals surface area (Å²) >= 11 is 0. The molecule has 0 saturated heterocycles. The highest BCUT2D eigenvalue weighted by Crippen LogP contribution is 2.31. The number of rotatable bonds is 8. The van der Waals surface area contributed by atoms with Crippen LogP contribution in [-0.4, -0.2) is 35.9 Å². The molecule has 1 heterocycles. The third kappa shape index (κ3) is 4.85. The van der Waals surface area contributed by atoms with Gasteiger partial charge in [-0.25, -0.2) is 0 Å². The van der Waals surface area contributed by atoms with Crippen molar-refractivity contribution in [2.24, 2.45) is 5.92 Å². The number of allylic oxidation sites excluding steroid dienone is 1. The number of ether oxygens (including phenoxy) is 1. The molecule has 2 unspecified atom stereocenters. The molecule has 0 aromatic carbocycles. The minimum absolute atomic E-state index is 0.104. The summed E-state index contributed by atoms with van der Waals surface area (Å²) in [6.07, 6.45) is 4.41. The van der Waals surface area contributed by atoms with Crippen LogP contribution in [-0.2, 0) is 14.3 Å². The summed E-state index contributed by atoms with van der Waals surface area (Å²) in [5, 5.41) is 2.84. The van der Waals surface area contributed by atoms with Crippen LogP contribution in [0.3, 0.4) is 0 Å². The third-order valence-corrected chi connectivity index (χ3v) is 3.96. The monoisotopic (exact) mass is 322 g/mol. The topological polar surface area (TPSA) is 58.6 Å². The minimum Gasteiger partial charge on any atom is -0.499 e. The molecular weight excluding hydrogens is 292 g/mol. The minimum atomic E-state index is -0.511. The predicted molar refractivity (Wildman–Crippen MR) is 91.5 cm³/mol. The van der Waals surface area contributed by atoms with E-state index in [4.69, 9.17) is 4.74 Å². The van der Waals surface area contributed by atoms with E-state index in [0.717, 1.165) is 18.6 Å². The molecule has 0 aromatic heterocycles. The van der Waals surface area contributed by atoms with Gasteiger partial charge in [0.2, 0.25) is 11.8 Å². The number of nitrogens with zero attached hydrogens (tertiary/aromatic N) is 1. The molecule has 0 bridgehead atoms. The Morgan fingerprint density at radius 3 is 2.52 bits per heavy atom. The van der Waals surface area contributed by atoms with E-state index in [9.17, 15) is 9.59 Å². The average Bonchev–Trinajstić information content (AvgIpc) is 2.80. The van der Waals surface area contributed by atoms with Crippen molar-refractivity contribution in [3.63, 3.8) is 0 Å². The Hall–Kier alpha value is -1.78. The molecule has 130 valence electrons. The maximum Gasteiger partial charge on any atom is 0.250 e. The van der Waals surface area contributed by atoms with Crippen molar-refractivity contribution in [2.45, 2.75) is 65.5 Å². The first-order valence-electron chi connectivity index (χ1n) is 8.42. The lowest BCUT2D eigenvalue weighted by molar-refractivity contribution is -0.136. The fourth-order valence-electron chi connectivity index (χ4n) is 2.83. The zero-order chi connectivity index (χ0) is 17.6. The van der Waals surface area contributed by atoms with E-state index in [2.05, 4.69) is 25.7 Å². The normalized spacial score (nSPS) is 18.9. The lowest BCUT2D eigenvalue weighted by Crippen LogP contribution is -2.50. The SMILES string of the molecule is C=C1C=C(OC)C(CC(C)C)N1C(=O)C(CCC)NC(=O)CC. The van der Waals surface area contributed by atoms with Crippen molar-refractivity contribution in [1.29, 1.82) is 0 Å². The van der Waals surface area contributed by atoms with Crippen molar-refractivity contribution in [3.8, 4) is 0 Å². The van der Waals surface area contributed by atoms with Gasteiger partial charge in [-0.3, -0.25) is 9.59 Å². The molecule has 0 fully saturated rings. The largest absolute Gasteiger partial charge is 0.499 e. The van der Waals surface area contributed by atoms with E-state index >= 15 is 0 Å². The van der Waals surface area contributed by atoms with Crippen LogP contribution in [0.2, 0.25) is 0 Å². The smallest absolute Gasteiger partial charge is 0.250 e. The lowest BCUT2D eigenvalue weighted by atomic mass is 10.0. The maximum atomic E-state index is 13.0. The number of hydrogen-bond acceptors (Lipinski definition) is 3. The number of carbonyl (C=O) groups is 2. The summed E-state index contributed by atoms with van der Waals surface area (Å²) in [6, 6.07) is -0.652. The van der Waals surface area contributed by atoms with Gasteiger partial charge in [0.25, 0.3) is 0 Å². The second-order valence-electron chi connectivity index (χ2n) is 6.36. The van der Waals surface area contributed by atoms with Crippen LogP contribution in [0.4, 0.5) is 0 Å². The Morgan fingerprint density at radius 2 is 2.04 bits per heavy atom. The Bertz CT molecular complexity index is 483. The molecule has 0 aromatic rings. The summed E-state index contributed by atoms with van der Waals surface area (Å²) in [5.74, 6) is 0.957. The molecule has 0 spiro atoms. The van der Waals surface area contributed by atoms with Crippen LogP contribution >= 0.6 is 0 Å². The van der Waals surface area contributed by atoms with E-state index in [-0.39, 0.29) is 17.9 Å². The van der Waals surface area contributed by atoms with Crippen molar-refractivity contribution in [1.82, 2.24) is 10.2 Å². The van der Waals surface area contributed by atoms with Crippen LogP contribution in [0.1, 0.15) is 53.4 Å². The molecule has 23 heavy (non-hydrogen) atoms.